The number of pyridine rings is 1. The van der Waals surface area contributed by atoms with Crippen molar-refractivity contribution in [2.45, 2.75) is 12.5 Å². The molecule has 130 valence electrons. The van der Waals surface area contributed by atoms with Crippen molar-refractivity contribution in [3.8, 4) is 0 Å². The fourth-order valence-corrected chi connectivity index (χ4v) is 3.83. The lowest BCUT2D eigenvalue weighted by Crippen LogP contribution is -2.25. The molecule has 1 aromatic carbocycles. The number of nitrogens with zero attached hydrogens (tertiary/aromatic N) is 3. The van der Waals surface area contributed by atoms with Gasteiger partial charge in [-0.2, -0.15) is 5.10 Å². The SMILES string of the molecule is Cn1cc([C@@H]2CN(Cc3cc4ccccc4[nH]c3=O)C[C@H]2CO)cn1. The highest BCUT2D eigenvalue weighted by Gasteiger charge is 2.34. The number of para-hydroxylation sites is 1. The number of aromatic nitrogens is 3. The third-order valence-electron chi connectivity index (χ3n) is 5.13. The van der Waals surface area contributed by atoms with Crippen LogP contribution in [0.3, 0.4) is 0 Å². The molecule has 0 spiro atoms. The Bertz CT molecular complexity index is 946. The van der Waals surface area contributed by atoms with Crippen molar-refractivity contribution in [1.29, 1.82) is 0 Å². The summed E-state index contributed by atoms with van der Waals surface area (Å²) in [4.78, 5) is 17.6. The van der Waals surface area contributed by atoms with E-state index >= 15 is 0 Å². The Labute approximate surface area is 145 Å². The lowest BCUT2D eigenvalue weighted by atomic mass is 9.92. The Morgan fingerprint density at radius 2 is 2.16 bits per heavy atom. The van der Waals surface area contributed by atoms with Gasteiger partial charge in [-0.25, -0.2) is 0 Å². The number of fused-ring (bicyclic) bond motifs is 1. The van der Waals surface area contributed by atoms with Gasteiger partial charge < -0.3 is 10.1 Å². The van der Waals surface area contributed by atoms with Gasteiger partial charge in [-0.1, -0.05) is 18.2 Å². The number of benzene rings is 1. The highest BCUT2D eigenvalue weighted by molar-refractivity contribution is 5.78. The highest BCUT2D eigenvalue weighted by Crippen LogP contribution is 2.32. The molecular formula is C19H22N4O2. The number of aliphatic hydroxyl groups is 1. The zero-order chi connectivity index (χ0) is 17.4. The van der Waals surface area contributed by atoms with E-state index < -0.39 is 0 Å². The molecule has 1 fully saturated rings. The van der Waals surface area contributed by atoms with E-state index in [9.17, 15) is 9.90 Å². The molecule has 0 radical (unpaired) electrons. The van der Waals surface area contributed by atoms with Crippen LogP contribution < -0.4 is 5.56 Å². The summed E-state index contributed by atoms with van der Waals surface area (Å²) in [5.74, 6) is 0.418. The zero-order valence-electron chi connectivity index (χ0n) is 14.2. The Hall–Kier alpha value is -2.44. The number of aliphatic hydroxyl groups excluding tert-OH is 1. The second kappa shape index (κ2) is 6.46. The van der Waals surface area contributed by atoms with Crippen molar-refractivity contribution >= 4 is 10.9 Å². The van der Waals surface area contributed by atoms with Gasteiger partial charge in [0.25, 0.3) is 5.56 Å². The first-order chi connectivity index (χ1) is 12.1. The van der Waals surface area contributed by atoms with Crippen LogP contribution in [0.15, 0.2) is 47.5 Å². The molecule has 4 rings (SSSR count). The van der Waals surface area contributed by atoms with Crippen LogP contribution in [-0.2, 0) is 13.6 Å². The van der Waals surface area contributed by atoms with Gasteiger partial charge in [0.1, 0.15) is 0 Å². The quantitative estimate of drug-likeness (QED) is 0.755. The maximum atomic E-state index is 12.4. The van der Waals surface area contributed by atoms with Gasteiger partial charge in [0.15, 0.2) is 0 Å². The molecule has 2 N–H and O–H groups in total. The molecular weight excluding hydrogens is 316 g/mol. The average Bonchev–Trinajstić information content (AvgIpc) is 3.21. The molecule has 2 atom stereocenters. The number of likely N-dealkylation sites (tertiary alicyclic amines) is 1. The fraction of sp³-hybridized carbons (Fsp3) is 0.368. The molecule has 25 heavy (non-hydrogen) atoms. The monoisotopic (exact) mass is 338 g/mol. The molecule has 6 nitrogen and oxygen atoms in total. The maximum absolute atomic E-state index is 12.4. The fourth-order valence-electron chi connectivity index (χ4n) is 3.83. The minimum Gasteiger partial charge on any atom is -0.396 e. The number of aryl methyl sites for hydroxylation is 1. The molecule has 0 amide bonds. The van der Waals surface area contributed by atoms with Crippen LogP contribution in [0.5, 0.6) is 0 Å². The maximum Gasteiger partial charge on any atom is 0.252 e. The Morgan fingerprint density at radius 3 is 2.92 bits per heavy atom. The average molecular weight is 338 g/mol. The Balaban J connectivity index is 1.57. The second-order valence-corrected chi connectivity index (χ2v) is 6.90. The molecule has 0 saturated carbocycles. The molecule has 2 aromatic heterocycles. The summed E-state index contributed by atoms with van der Waals surface area (Å²) in [6, 6.07) is 9.78. The summed E-state index contributed by atoms with van der Waals surface area (Å²) in [5, 5.41) is 15.1. The smallest absolute Gasteiger partial charge is 0.252 e. The number of aromatic amines is 1. The van der Waals surface area contributed by atoms with Crippen LogP contribution in [-0.4, -0.2) is 44.5 Å². The Kier molecular flexibility index (Phi) is 4.15. The normalized spacial score (nSPS) is 21.2. The number of nitrogens with one attached hydrogen (secondary N) is 1. The molecule has 3 aromatic rings. The largest absolute Gasteiger partial charge is 0.396 e. The van der Waals surface area contributed by atoms with E-state index in [1.165, 1.54) is 0 Å². The summed E-state index contributed by atoms with van der Waals surface area (Å²) >= 11 is 0. The van der Waals surface area contributed by atoms with Crippen LogP contribution >= 0.6 is 0 Å². The first-order valence-corrected chi connectivity index (χ1v) is 8.57. The van der Waals surface area contributed by atoms with Crippen LogP contribution in [0.2, 0.25) is 0 Å². The van der Waals surface area contributed by atoms with Crippen molar-refractivity contribution in [2.24, 2.45) is 13.0 Å². The summed E-state index contributed by atoms with van der Waals surface area (Å²) in [7, 11) is 1.90. The Morgan fingerprint density at radius 1 is 1.32 bits per heavy atom. The molecule has 3 heterocycles. The lowest BCUT2D eigenvalue weighted by molar-refractivity contribution is 0.214. The van der Waals surface area contributed by atoms with Crippen LogP contribution in [0.4, 0.5) is 0 Å². The minimum absolute atomic E-state index is 0.0379. The predicted octanol–water partition coefficient (Wildman–Crippen LogP) is 1.47. The van der Waals surface area contributed by atoms with Gasteiger partial charge in [-0.05, 0) is 23.1 Å². The van der Waals surface area contributed by atoms with E-state index in [1.807, 2.05) is 49.8 Å². The standard InChI is InChI=1S/C19H22N4O2/c1-22-8-15(7-20-22)17-11-23(10-16(17)12-24)9-14-6-13-4-2-3-5-18(13)21-19(14)25/h2-8,16-17,24H,9-12H2,1H3,(H,21,25)/t16-,17-/m0/s1. The topological polar surface area (TPSA) is 74.2 Å². The van der Waals surface area contributed by atoms with Crippen LogP contribution in [0, 0.1) is 5.92 Å². The summed E-state index contributed by atoms with van der Waals surface area (Å²) < 4.78 is 1.79. The van der Waals surface area contributed by atoms with Crippen molar-refractivity contribution < 1.29 is 5.11 Å². The van der Waals surface area contributed by atoms with Gasteiger partial charge in [-0.3, -0.25) is 14.4 Å². The number of rotatable bonds is 4. The van der Waals surface area contributed by atoms with E-state index in [0.717, 1.165) is 35.1 Å². The second-order valence-electron chi connectivity index (χ2n) is 6.90. The van der Waals surface area contributed by atoms with Gasteiger partial charge >= 0.3 is 0 Å². The van der Waals surface area contributed by atoms with E-state index in [4.69, 9.17) is 0 Å². The molecule has 0 unspecified atom stereocenters. The van der Waals surface area contributed by atoms with Crippen LogP contribution in [0.25, 0.3) is 10.9 Å². The van der Waals surface area contributed by atoms with Crippen molar-refractivity contribution in [1.82, 2.24) is 19.7 Å². The first kappa shape index (κ1) is 16.1. The summed E-state index contributed by atoms with van der Waals surface area (Å²) in [6.45, 7) is 2.34. The molecule has 6 heteroatoms. The predicted molar refractivity (Wildman–Crippen MR) is 96.4 cm³/mol. The third kappa shape index (κ3) is 3.10. The summed E-state index contributed by atoms with van der Waals surface area (Å²) in [6.07, 6.45) is 3.89. The third-order valence-corrected chi connectivity index (χ3v) is 5.13. The van der Waals surface area contributed by atoms with Gasteiger partial charge in [0, 0.05) is 62.4 Å². The first-order valence-electron chi connectivity index (χ1n) is 8.57. The van der Waals surface area contributed by atoms with Crippen molar-refractivity contribution in [3.05, 3.63) is 64.2 Å². The molecule has 1 aliphatic heterocycles. The van der Waals surface area contributed by atoms with Gasteiger partial charge in [-0.15, -0.1) is 0 Å². The molecule has 1 aliphatic rings. The van der Waals surface area contributed by atoms with E-state index in [2.05, 4.69) is 15.0 Å². The van der Waals surface area contributed by atoms with E-state index in [1.54, 1.807) is 4.68 Å². The van der Waals surface area contributed by atoms with Crippen LogP contribution in [0.1, 0.15) is 17.0 Å². The molecule has 1 saturated heterocycles. The zero-order valence-corrected chi connectivity index (χ0v) is 14.2. The molecule has 0 bridgehead atoms. The van der Waals surface area contributed by atoms with Crippen molar-refractivity contribution in [3.63, 3.8) is 0 Å². The van der Waals surface area contributed by atoms with Gasteiger partial charge in [0.05, 0.1) is 6.20 Å². The minimum atomic E-state index is -0.0379. The summed E-state index contributed by atoms with van der Waals surface area (Å²) in [5.41, 5.74) is 2.74. The number of hydrogen-bond donors (Lipinski definition) is 2. The lowest BCUT2D eigenvalue weighted by Gasteiger charge is -2.15. The van der Waals surface area contributed by atoms with E-state index in [-0.39, 0.29) is 24.0 Å². The van der Waals surface area contributed by atoms with Gasteiger partial charge in [0.2, 0.25) is 0 Å². The number of hydrogen-bond acceptors (Lipinski definition) is 4. The van der Waals surface area contributed by atoms with E-state index in [0.29, 0.717) is 6.54 Å². The molecule has 0 aliphatic carbocycles. The number of H-pyrrole nitrogens is 1. The highest BCUT2D eigenvalue weighted by atomic mass is 16.3. The van der Waals surface area contributed by atoms with Crippen molar-refractivity contribution in [2.75, 3.05) is 19.7 Å².